The van der Waals surface area contributed by atoms with E-state index in [9.17, 15) is 4.79 Å². The molecular weight excluding hydrogens is 344 g/mol. The number of pyridine rings is 1. The molecule has 0 saturated heterocycles. The molecule has 2 heterocycles. The van der Waals surface area contributed by atoms with Gasteiger partial charge in [-0.25, -0.2) is 0 Å². The Hall–Kier alpha value is -1.04. The van der Waals surface area contributed by atoms with Crippen molar-refractivity contribution in [2.45, 2.75) is 70.6 Å². The average molecular weight is 377 g/mol. The maximum Gasteiger partial charge on any atom is 0.254 e. The number of nitrogens with zero attached hydrogens (tertiary/aromatic N) is 1. The van der Waals surface area contributed by atoms with E-state index in [1.807, 2.05) is 17.6 Å². The third kappa shape index (κ3) is 4.44. The fraction of sp³-hybridized carbons (Fsp3) is 0.667. The normalized spacial score (nSPS) is 29.0. The van der Waals surface area contributed by atoms with Crippen LogP contribution in [-0.4, -0.2) is 29.6 Å². The molecule has 0 aromatic carbocycles. The molecule has 0 spiro atoms. The van der Waals surface area contributed by atoms with Crippen LogP contribution in [-0.2, 0) is 11.2 Å². The Morgan fingerprint density at radius 2 is 2.04 bits per heavy atom. The predicted molar refractivity (Wildman–Crippen MR) is 110 cm³/mol. The quantitative estimate of drug-likeness (QED) is 0.601. The van der Waals surface area contributed by atoms with Crippen molar-refractivity contribution >= 4 is 11.9 Å². The summed E-state index contributed by atoms with van der Waals surface area (Å²) in [5, 5.41) is 0. The largest absolute Gasteiger partial charge is 0.376 e. The summed E-state index contributed by atoms with van der Waals surface area (Å²) >= 11 is 1.64. The van der Waals surface area contributed by atoms with Crippen LogP contribution in [0.4, 0.5) is 0 Å². The number of ether oxygens (including phenoxy) is 1. The topological polar surface area (TPSA) is 43.3 Å². The van der Waals surface area contributed by atoms with Gasteiger partial charge in [0.25, 0.3) is 5.56 Å². The summed E-state index contributed by atoms with van der Waals surface area (Å²) in [6, 6.07) is 4.42. The van der Waals surface area contributed by atoms with Gasteiger partial charge in [0.15, 0.2) is 0 Å². The second-order valence-electron chi connectivity index (χ2n) is 7.61. The number of hydrogen-bond acceptors (Lipinski definition) is 4. The molecule has 2 atom stereocenters. The first-order valence-corrected chi connectivity index (χ1v) is 11.1. The number of aromatic nitrogens is 1. The molecule has 2 aliphatic rings. The highest BCUT2D eigenvalue weighted by molar-refractivity contribution is 7.96. The van der Waals surface area contributed by atoms with Gasteiger partial charge >= 0.3 is 0 Å². The summed E-state index contributed by atoms with van der Waals surface area (Å²) in [5.74, 6) is 0.714. The molecule has 1 aromatic heterocycles. The molecule has 2 unspecified atom stereocenters. The minimum Gasteiger partial charge on any atom is -0.376 e. The van der Waals surface area contributed by atoms with Crippen molar-refractivity contribution in [1.29, 1.82) is 0 Å². The lowest BCUT2D eigenvalue weighted by Crippen LogP contribution is -2.46. The van der Waals surface area contributed by atoms with Crippen LogP contribution in [0.1, 0.15) is 56.3 Å². The average Bonchev–Trinajstić information content (AvgIpc) is 2.65. The second-order valence-corrected chi connectivity index (χ2v) is 8.26. The molecule has 0 amide bonds. The number of aryl methyl sites for hydroxylation is 2. The minimum absolute atomic E-state index is 0.0758. The van der Waals surface area contributed by atoms with Crippen LogP contribution < -0.4 is 10.3 Å². The van der Waals surface area contributed by atoms with Gasteiger partial charge < -0.3 is 9.30 Å². The highest BCUT2D eigenvalue weighted by Gasteiger charge is 2.31. The Labute approximate surface area is 161 Å². The van der Waals surface area contributed by atoms with Crippen molar-refractivity contribution < 1.29 is 4.74 Å². The Bertz CT molecular complexity index is 677. The summed E-state index contributed by atoms with van der Waals surface area (Å²) < 4.78 is 11.8. The molecule has 26 heavy (non-hydrogen) atoms. The van der Waals surface area contributed by atoms with Gasteiger partial charge in [0.05, 0.1) is 18.8 Å². The molecular formula is C21H32N2O2S. The van der Waals surface area contributed by atoms with Gasteiger partial charge in [-0.05, 0) is 70.6 Å². The molecule has 3 rings (SSSR count). The summed E-state index contributed by atoms with van der Waals surface area (Å²) in [4.78, 5) is 12.8. The Kier molecular flexibility index (Phi) is 7.01. The maximum absolute atomic E-state index is 12.8. The smallest absolute Gasteiger partial charge is 0.254 e. The van der Waals surface area contributed by atoms with Gasteiger partial charge in [-0.3, -0.25) is 9.52 Å². The third-order valence-electron chi connectivity index (χ3n) is 5.85. The molecule has 0 bridgehead atoms. The Morgan fingerprint density at radius 3 is 2.73 bits per heavy atom. The van der Waals surface area contributed by atoms with Crippen LogP contribution >= 0.6 is 11.9 Å². The van der Waals surface area contributed by atoms with E-state index >= 15 is 0 Å². The van der Waals surface area contributed by atoms with Gasteiger partial charge in [0, 0.05) is 17.3 Å². The molecule has 1 aliphatic carbocycles. The van der Waals surface area contributed by atoms with Crippen molar-refractivity contribution in [3.8, 4) is 0 Å². The Balaban J connectivity index is 1.71. The van der Waals surface area contributed by atoms with Crippen LogP contribution in [0.2, 0.25) is 0 Å². The molecule has 1 fully saturated rings. The van der Waals surface area contributed by atoms with E-state index < -0.39 is 0 Å². The van der Waals surface area contributed by atoms with Crippen molar-refractivity contribution in [2.24, 2.45) is 5.92 Å². The second kappa shape index (κ2) is 9.25. The Morgan fingerprint density at radius 1 is 1.27 bits per heavy atom. The van der Waals surface area contributed by atoms with Gasteiger partial charge in [0.2, 0.25) is 0 Å². The van der Waals surface area contributed by atoms with Gasteiger partial charge in [-0.2, -0.15) is 0 Å². The van der Waals surface area contributed by atoms with Crippen molar-refractivity contribution in [2.75, 3.05) is 12.9 Å². The van der Waals surface area contributed by atoms with E-state index in [-0.39, 0.29) is 17.6 Å². The first-order chi connectivity index (χ1) is 12.6. The molecule has 1 aliphatic heterocycles. The molecule has 1 aromatic rings. The highest BCUT2D eigenvalue weighted by atomic mass is 32.2. The van der Waals surface area contributed by atoms with E-state index in [1.54, 1.807) is 11.9 Å². The molecule has 5 heteroatoms. The number of fused-ring (bicyclic) bond motifs is 1. The molecule has 144 valence electrons. The summed E-state index contributed by atoms with van der Waals surface area (Å²) in [6.45, 7) is 4.62. The first kappa shape index (κ1) is 19.7. The van der Waals surface area contributed by atoms with Gasteiger partial charge in [-0.15, -0.1) is 0 Å². The van der Waals surface area contributed by atoms with Crippen LogP contribution in [0.3, 0.4) is 0 Å². The summed E-state index contributed by atoms with van der Waals surface area (Å²) in [5.41, 5.74) is 2.10. The molecule has 4 nitrogen and oxygen atoms in total. The zero-order valence-electron chi connectivity index (χ0n) is 16.2. The summed E-state index contributed by atoms with van der Waals surface area (Å²) in [6.07, 6.45) is 13.5. The maximum atomic E-state index is 12.8. The third-order valence-corrected chi connectivity index (χ3v) is 6.39. The minimum atomic E-state index is 0.0758. The number of rotatable bonds is 6. The fourth-order valence-electron chi connectivity index (χ4n) is 4.37. The van der Waals surface area contributed by atoms with Crippen molar-refractivity contribution in [3.05, 3.63) is 45.9 Å². The van der Waals surface area contributed by atoms with Crippen LogP contribution in [0.15, 0.2) is 29.1 Å². The van der Waals surface area contributed by atoms with E-state index in [1.165, 1.54) is 12.8 Å². The van der Waals surface area contributed by atoms with Crippen LogP contribution in [0.25, 0.3) is 0 Å². The molecule has 1 saturated carbocycles. The summed E-state index contributed by atoms with van der Waals surface area (Å²) in [7, 11) is 0. The van der Waals surface area contributed by atoms with E-state index in [0.717, 1.165) is 36.9 Å². The molecule has 1 N–H and O–H groups in total. The number of hydrogen-bond donors (Lipinski definition) is 1. The van der Waals surface area contributed by atoms with Gasteiger partial charge in [-0.1, -0.05) is 30.2 Å². The van der Waals surface area contributed by atoms with E-state index in [2.05, 4.69) is 36.1 Å². The van der Waals surface area contributed by atoms with Crippen molar-refractivity contribution in [1.82, 2.24) is 9.29 Å². The van der Waals surface area contributed by atoms with E-state index in [0.29, 0.717) is 18.6 Å². The van der Waals surface area contributed by atoms with E-state index in [4.69, 9.17) is 4.74 Å². The zero-order chi connectivity index (χ0) is 18.5. The lowest BCUT2D eigenvalue weighted by atomic mass is 9.87. The van der Waals surface area contributed by atoms with Crippen molar-refractivity contribution in [3.63, 3.8) is 0 Å². The van der Waals surface area contributed by atoms with Crippen LogP contribution in [0.5, 0.6) is 0 Å². The van der Waals surface area contributed by atoms with Gasteiger partial charge in [0.1, 0.15) is 0 Å². The first-order valence-electron chi connectivity index (χ1n) is 9.88. The lowest BCUT2D eigenvalue weighted by Gasteiger charge is -2.37. The van der Waals surface area contributed by atoms with Crippen LogP contribution in [0, 0.1) is 12.8 Å². The SMILES string of the molecule is C/C=C/C1CCC(OCC2C(NSC)CCc3ccc(C)c(=O)n32)CC1. The zero-order valence-corrected chi connectivity index (χ0v) is 17.1. The lowest BCUT2D eigenvalue weighted by molar-refractivity contribution is -0.00338. The number of nitrogens with one attached hydrogen (secondary N) is 1. The fourth-order valence-corrected chi connectivity index (χ4v) is 4.95. The predicted octanol–water partition coefficient (Wildman–Crippen LogP) is 4.03. The highest BCUT2D eigenvalue weighted by Crippen LogP contribution is 2.30. The number of allylic oxidation sites excluding steroid dienone is 2. The molecule has 0 radical (unpaired) electrons. The monoisotopic (exact) mass is 376 g/mol. The standard InChI is InChI=1S/C21H32N2O2S/c1-4-5-16-7-11-18(12-8-16)25-14-20-19(22-26-3)13-10-17-9-6-15(2)21(24)23(17)20/h4-6,9,16,18-20,22H,7-8,10-14H2,1-3H3/b5-4+.